The predicted octanol–water partition coefficient (Wildman–Crippen LogP) is 26.8. The number of halogens is 16. The van der Waals surface area contributed by atoms with Crippen LogP contribution >= 0.6 is 129 Å². The Labute approximate surface area is 838 Å². The quantitative estimate of drug-likeness (QED) is 0.0370. The second-order valence-corrected chi connectivity index (χ2v) is 31.8. The fraction of sp³-hybridized carbons (Fsp3) is 0.289. The summed E-state index contributed by atoms with van der Waals surface area (Å²) in [5.74, 6) is -4.33. The number of aromatic nitrogens is 12. The predicted molar refractivity (Wildman–Crippen MR) is 543 cm³/mol. The molecule has 0 unspecified atom stereocenters. The summed E-state index contributed by atoms with van der Waals surface area (Å²) in [6.45, 7) is 14.1. The van der Waals surface area contributed by atoms with Gasteiger partial charge in [-0.25, -0.2) is 38.7 Å². The van der Waals surface area contributed by atoms with Crippen LogP contribution in [0.1, 0.15) is 234 Å². The van der Waals surface area contributed by atoms with Crippen molar-refractivity contribution in [3.8, 4) is 23.3 Å². The molecule has 8 aromatic heterocycles. The molecule has 0 aliphatic heterocycles. The standard InChI is InChI=1S/C21H18BrClF3N5O2.C20H18BrCl2N5O2.C19H14Cl2F3N5O2.C18H14BrCl2N5O2.12CH4/c1-10(2)28-19(32)13-8-12(22)7-11(3)17(13)29-20(33)15-9-16(21(24,25)26)30-31(15)18-14(23)5-4-6-27-18;1-10(2)25-19(29)13-8-12(21)7-11(3)17(13)26-20(30)15-9-16(23)27-28(15)18-14(22)5-4-6-24-18;1-9-6-10(20)7-11(17(30)25-2)15(9)27-18(31)13-8-14(19(22,23)24)28-29(13)16-12(21)4-3-5-26-16;1-9-6-10(19)7-11(17(27)22-2)15(9)24-18(28)13-8-14(21)25-26(13)16-12(20)4-3-5-23-16;;;;;;;;;;;;/h4-10H,1-3H3,(H,28,32)(H,29,33);4-10H,1-3H3,(H,25,29)(H,26,30);3-8H,1-2H3,(H,25,30)(H,27,31);3-8H,1-2H3,(H,22,27)(H,24,28);12*1H4. The van der Waals surface area contributed by atoms with Gasteiger partial charge >= 0.3 is 12.4 Å². The number of aryl methyl sites for hydroxylation is 4. The first-order chi connectivity index (χ1) is 57.4. The second kappa shape index (κ2) is 55.8. The summed E-state index contributed by atoms with van der Waals surface area (Å²) in [7, 11) is 2.90. The Balaban J connectivity index is -0.000000817. The molecule has 0 saturated heterocycles. The summed E-state index contributed by atoms with van der Waals surface area (Å²) in [6.07, 6.45) is -3.95. The molecule has 0 saturated carbocycles. The van der Waals surface area contributed by atoms with Crippen LogP contribution in [0.2, 0.25) is 35.4 Å². The topological polar surface area (TPSA) is 356 Å². The van der Waals surface area contributed by atoms with Gasteiger partial charge in [-0.15, -0.1) is 0 Å². The monoisotopic (exact) mass is 2200 g/mol. The van der Waals surface area contributed by atoms with Gasteiger partial charge in [0, 0.05) is 93.7 Å². The van der Waals surface area contributed by atoms with E-state index in [1.54, 1.807) is 90.1 Å². The normalized spacial score (nSPS) is 10.1. The highest BCUT2D eigenvalue weighted by atomic mass is 79.9. The number of nitrogens with zero attached hydrogens (tertiary/aromatic N) is 12. The molecular formula is C90H112Br3Cl7F6N20O8. The highest BCUT2D eigenvalue weighted by molar-refractivity contribution is 9.11. The molecule has 12 aromatic rings. The van der Waals surface area contributed by atoms with Gasteiger partial charge in [0.15, 0.2) is 45.0 Å². The number of carbonyl (C=O) groups is 8. The Hall–Kier alpha value is -10.9. The summed E-state index contributed by atoms with van der Waals surface area (Å²) in [6, 6.07) is 29.0. The first kappa shape index (κ1) is 129. The largest absolute Gasteiger partial charge is 0.435 e. The van der Waals surface area contributed by atoms with E-state index in [9.17, 15) is 64.7 Å². The van der Waals surface area contributed by atoms with Gasteiger partial charge in [-0.3, -0.25) is 38.4 Å². The Bertz CT molecular complexity index is 6080. The fourth-order valence-electron chi connectivity index (χ4n) is 11.2. The SMILES string of the molecule is C.C.C.C.C.C.C.C.C.C.C.C.CNC(=O)c1cc(Br)cc(C)c1NC(=O)c1cc(Cl)nn1-c1ncccc1Cl.CNC(=O)c1cc(Cl)cc(C)c1NC(=O)c1cc(C(F)(F)F)nn1-c1ncccc1Cl.Cc1cc(Br)cc(C(=O)NC(C)C)c1NC(=O)c1cc(C(F)(F)F)nn1-c1ncccc1Cl.Cc1cc(Br)cc(C(=O)NC(C)C)c1NC(=O)c1cc(Cl)nn1-c1ncccc1Cl. The lowest BCUT2D eigenvalue weighted by molar-refractivity contribution is -0.142. The van der Waals surface area contributed by atoms with Gasteiger partial charge in [0.1, 0.15) is 22.8 Å². The second-order valence-electron chi connectivity index (χ2n) is 26.2. The summed E-state index contributed by atoms with van der Waals surface area (Å²) in [5.41, 5.74) is 0.889. The zero-order valence-electron chi connectivity index (χ0n) is 64.7. The van der Waals surface area contributed by atoms with Crippen molar-refractivity contribution in [3.05, 3.63) is 274 Å². The van der Waals surface area contributed by atoms with Crippen LogP contribution in [0.3, 0.4) is 0 Å². The molecule has 8 amide bonds. The molecule has 0 spiro atoms. The van der Waals surface area contributed by atoms with Crippen LogP contribution < -0.4 is 42.5 Å². The van der Waals surface area contributed by atoms with Gasteiger partial charge in [0.2, 0.25) is 0 Å². The highest BCUT2D eigenvalue weighted by Gasteiger charge is 2.39. The van der Waals surface area contributed by atoms with E-state index < -0.39 is 70.6 Å². The van der Waals surface area contributed by atoms with E-state index in [0.717, 1.165) is 13.6 Å². The van der Waals surface area contributed by atoms with Crippen LogP contribution in [0, 0.1) is 27.7 Å². The average Bonchev–Trinajstić information content (AvgIpc) is 1.60. The van der Waals surface area contributed by atoms with E-state index in [4.69, 9.17) is 81.2 Å². The molecule has 0 aliphatic carbocycles. The average molecular weight is 2200 g/mol. The van der Waals surface area contributed by atoms with Crippen molar-refractivity contribution in [3.63, 3.8) is 0 Å². The van der Waals surface area contributed by atoms with Crippen LogP contribution in [0.25, 0.3) is 23.3 Å². The Kier molecular flexibility index (Phi) is 53.9. The molecule has 12 rings (SSSR count). The molecule has 0 radical (unpaired) electrons. The molecular weight excluding hydrogens is 2090 g/mol. The van der Waals surface area contributed by atoms with E-state index in [0.29, 0.717) is 76.1 Å². The van der Waals surface area contributed by atoms with Crippen molar-refractivity contribution in [2.24, 2.45) is 0 Å². The molecule has 8 heterocycles. The minimum Gasteiger partial charge on any atom is -0.355 e. The van der Waals surface area contributed by atoms with Gasteiger partial charge in [0.25, 0.3) is 47.3 Å². The number of hydrogen-bond donors (Lipinski definition) is 8. The van der Waals surface area contributed by atoms with Crippen LogP contribution in [0.4, 0.5) is 49.1 Å². The lowest BCUT2D eigenvalue weighted by Crippen LogP contribution is -2.31. The first-order valence-electron chi connectivity index (χ1n) is 35.2. The fourth-order valence-corrected chi connectivity index (χ4v) is 14.3. The van der Waals surface area contributed by atoms with Crippen molar-refractivity contribution in [2.75, 3.05) is 35.4 Å². The molecule has 0 atom stereocenters. The smallest absolute Gasteiger partial charge is 0.355 e. The van der Waals surface area contributed by atoms with Gasteiger partial charge in [-0.2, -0.15) is 46.7 Å². The summed E-state index contributed by atoms with van der Waals surface area (Å²) in [5, 5.41) is 37.4. The van der Waals surface area contributed by atoms with Crippen molar-refractivity contribution >= 4 is 199 Å². The van der Waals surface area contributed by atoms with Crippen molar-refractivity contribution in [1.29, 1.82) is 0 Å². The molecule has 134 heavy (non-hydrogen) atoms. The van der Waals surface area contributed by atoms with Gasteiger partial charge in [-0.1, -0.05) is 218 Å². The number of carbonyl (C=O) groups excluding carboxylic acids is 8. The Morgan fingerprint density at radius 2 is 0.560 bits per heavy atom. The van der Waals surface area contributed by atoms with E-state index in [2.05, 4.69) is 131 Å². The highest BCUT2D eigenvalue weighted by Crippen LogP contribution is 2.37. The Morgan fingerprint density at radius 3 is 0.799 bits per heavy atom. The number of nitrogens with one attached hydrogen (secondary N) is 8. The third kappa shape index (κ3) is 32.2. The molecule has 28 nitrogen and oxygen atoms in total. The maximum atomic E-state index is 13.4. The zero-order chi connectivity index (χ0) is 89.8. The Morgan fingerprint density at radius 1 is 0.328 bits per heavy atom. The van der Waals surface area contributed by atoms with Crippen LogP contribution in [0.5, 0.6) is 0 Å². The maximum absolute atomic E-state index is 13.4. The molecule has 0 bridgehead atoms. The summed E-state index contributed by atoms with van der Waals surface area (Å²) in [4.78, 5) is 118. The molecule has 0 aliphatic rings. The van der Waals surface area contributed by atoms with E-state index in [1.807, 2.05) is 19.9 Å². The summed E-state index contributed by atoms with van der Waals surface area (Å²) >= 11 is 52.7. The van der Waals surface area contributed by atoms with E-state index >= 15 is 0 Å². The number of hydrogen-bond acceptors (Lipinski definition) is 16. The number of amides is 8. The third-order valence-corrected chi connectivity index (χ3v) is 19.6. The van der Waals surface area contributed by atoms with Crippen molar-refractivity contribution in [2.45, 2.75) is 169 Å². The lowest BCUT2D eigenvalue weighted by Gasteiger charge is -2.16. The number of rotatable bonds is 18. The van der Waals surface area contributed by atoms with Crippen molar-refractivity contribution in [1.82, 2.24) is 80.3 Å². The number of anilines is 4. The maximum Gasteiger partial charge on any atom is 0.435 e. The summed E-state index contributed by atoms with van der Waals surface area (Å²) < 4.78 is 85.9. The van der Waals surface area contributed by atoms with E-state index in [1.165, 1.54) is 103 Å². The molecule has 732 valence electrons. The molecule has 0 fully saturated rings. The van der Waals surface area contributed by atoms with Crippen LogP contribution in [-0.2, 0) is 12.4 Å². The number of pyridine rings is 4. The van der Waals surface area contributed by atoms with Gasteiger partial charge < -0.3 is 42.5 Å². The molecule has 44 heteroatoms. The van der Waals surface area contributed by atoms with Crippen molar-refractivity contribution < 1.29 is 64.7 Å². The van der Waals surface area contributed by atoms with Crippen LogP contribution in [0.15, 0.2) is 160 Å². The number of benzene rings is 4. The minimum absolute atomic E-state index is 0. The lowest BCUT2D eigenvalue weighted by atomic mass is 10.1. The van der Waals surface area contributed by atoms with Crippen LogP contribution in [-0.4, -0.2) is 132 Å². The number of alkyl halides is 6. The molecule has 4 aromatic carbocycles. The van der Waals surface area contributed by atoms with Gasteiger partial charge in [0.05, 0.1) is 65.1 Å². The minimum atomic E-state index is -4.81. The third-order valence-electron chi connectivity index (χ3n) is 16.5. The van der Waals surface area contributed by atoms with Gasteiger partial charge in [-0.05, 0) is 175 Å². The molecule has 8 N–H and O–H groups in total. The zero-order valence-corrected chi connectivity index (χ0v) is 74.7. The first-order valence-corrected chi connectivity index (χ1v) is 40.2. The van der Waals surface area contributed by atoms with E-state index in [-0.39, 0.29) is 196 Å².